The molecule has 82 valence electrons. The van der Waals surface area contributed by atoms with E-state index in [1.807, 2.05) is 0 Å². The average Bonchev–Trinajstić information content (AvgIpc) is 3.01. The van der Waals surface area contributed by atoms with Crippen LogP contribution in [0.5, 0.6) is 5.75 Å². The SMILES string of the molecule is CSc1ccc(C(C)C)c(OC2CC2)c1. The monoisotopic (exact) mass is 222 g/mol. The van der Waals surface area contributed by atoms with Crippen molar-refractivity contribution in [3.05, 3.63) is 23.8 Å². The summed E-state index contributed by atoms with van der Waals surface area (Å²) in [5.74, 6) is 1.63. The first-order valence-electron chi connectivity index (χ1n) is 5.55. The molecule has 1 aromatic rings. The highest BCUT2D eigenvalue weighted by atomic mass is 32.2. The highest BCUT2D eigenvalue weighted by Crippen LogP contribution is 2.35. The summed E-state index contributed by atoms with van der Waals surface area (Å²) in [4.78, 5) is 1.29. The third-order valence-electron chi connectivity index (χ3n) is 2.66. The maximum Gasteiger partial charge on any atom is 0.124 e. The molecule has 0 atom stereocenters. The van der Waals surface area contributed by atoms with Gasteiger partial charge in [0.25, 0.3) is 0 Å². The van der Waals surface area contributed by atoms with Gasteiger partial charge in [0.15, 0.2) is 0 Å². The van der Waals surface area contributed by atoms with Gasteiger partial charge in [0.2, 0.25) is 0 Å². The Hall–Kier alpha value is -0.630. The van der Waals surface area contributed by atoms with E-state index in [9.17, 15) is 0 Å². The van der Waals surface area contributed by atoms with E-state index in [0.29, 0.717) is 12.0 Å². The number of rotatable bonds is 4. The largest absolute Gasteiger partial charge is 0.490 e. The summed E-state index contributed by atoms with van der Waals surface area (Å²) in [6, 6.07) is 6.56. The van der Waals surface area contributed by atoms with Crippen molar-refractivity contribution in [3.8, 4) is 5.75 Å². The zero-order chi connectivity index (χ0) is 10.8. The standard InChI is InChI=1S/C13H18OS/c1-9(2)12-7-6-11(15-3)8-13(12)14-10-4-5-10/h6-10H,4-5H2,1-3H3. The van der Waals surface area contributed by atoms with Crippen molar-refractivity contribution < 1.29 is 4.74 Å². The van der Waals surface area contributed by atoms with Gasteiger partial charge in [0, 0.05) is 4.90 Å². The Morgan fingerprint density at radius 2 is 2.07 bits per heavy atom. The predicted molar refractivity (Wildman–Crippen MR) is 66.0 cm³/mol. The Morgan fingerprint density at radius 1 is 1.33 bits per heavy atom. The second-order valence-corrected chi connectivity index (χ2v) is 5.26. The quantitative estimate of drug-likeness (QED) is 0.710. The molecule has 2 heteroatoms. The van der Waals surface area contributed by atoms with Crippen LogP contribution in [0.2, 0.25) is 0 Å². The number of thioether (sulfide) groups is 1. The van der Waals surface area contributed by atoms with Crippen LogP contribution in [0.15, 0.2) is 23.1 Å². The van der Waals surface area contributed by atoms with E-state index in [-0.39, 0.29) is 0 Å². The fourth-order valence-electron chi connectivity index (χ4n) is 1.59. The van der Waals surface area contributed by atoms with E-state index in [1.54, 1.807) is 11.8 Å². The fourth-order valence-corrected chi connectivity index (χ4v) is 2.02. The van der Waals surface area contributed by atoms with Crippen LogP contribution in [-0.4, -0.2) is 12.4 Å². The maximum absolute atomic E-state index is 5.95. The van der Waals surface area contributed by atoms with Crippen LogP contribution in [0.1, 0.15) is 38.2 Å². The van der Waals surface area contributed by atoms with Gasteiger partial charge in [-0.05, 0) is 42.7 Å². The number of hydrogen-bond acceptors (Lipinski definition) is 2. The molecule has 0 saturated heterocycles. The Balaban J connectivity index is 2.26. The lowest BCUT2D eigenvalue weighted by Gasteiger charge is -2.14. The molecule has 1 saturated carbocycles. The van der Waals surface area contributed by atoms with Gasteiger partial charge in [-0.25, -0.2) is 0 Å². The second kappa shape index (κ2) is 4.48. The molecule has 0 heterocycles. The molecule has 0 radical (unpaired) electrons. The second-order valence-electron chi connectivity index (χ2n) is 4.38. The van der Waals surface area contributed by atoms with Crippen molar-refractivity contribution in [1.29, 1.82) is 0 Å². The molecule has 1 aromatic carbocycles. The van der Waals surface area contributed by atoms with Crippen LogP contribution in [-0.2, 0) is 0 Å². The van der Waals surface area contributed by atoms with Crippen molar-refractivity contribution >= 4 is 11.8 Å². The first kappa shape index (κ1) is 10.9. The van der Waals surface area contributed by atoms with Gasteiger partial charge >= 0.3 is 0 Å². The third-order valence-corrected chi connectivity index (χ3v) is 3.39. The first-order valence-corrected chi connectivity index (χ1v) is 6.77. The van der Waals surface area contributed by atoms with E-state index in [0.717, 1.165) is 5.75 Å². The number of benzene rings is 1. The molecule has 2 rings (SSSR count). The Labute approximate surface area is 96.2 Å². The minimum Gasteiger partial charge on any atom is -0.490 e. The zero-order valence-electron chi connectivity index (χ0n) is 9.62. The summed E-state index contributed by atoms with van der Waals surface area (Å²) in [6.45, 7) is 4.43. The molecule has 0 unspecified atom stereocenters. The molecule has 1 fully saturated rings. The van der Waals surface area contributed by atoms with Crippen LogP contribution in [0.3, 0.4) is 0 Å². The van der Waals surface area contributed by atoms with Gasteiger partial charge in [-0.3, -0.25) is 0 Å². The summed E-state index contributed by atoms with van der Waals surface area (Å²) in [6.07, 6.45) is 5.03. The van der Waals surface area contributed by atoms with Crippen molar-refractivity contribution in [2.45, 2.75) is 43.6 Å². The van der Waals surface area contributed by atoms with Crippen LogP contribution >= 0.6 is 11.8 Å². The lowest BCUT2D eigenvalue weighted by molar-refractivity contribution is 0.298. The van der Waals surface area contributed by atoms with Crippen molar-refractivity contribution in [2.75, 3.05) is 6.26 Å². The Morgan fingerprint density at radius 3 is 2.60 bits per heavy atom. The van der Waals surface area contributed by atoms with Crippen molar-refractivity contribution in [2.24, 2.45) is 0 Å². The smallest absolute Gasteiger partial charge is 0.124 e. The van der Waals surface area contributed by atoms with Crippen LogP contribution in [0.25, 0.3) is 0 Å². The average molecular weight is 222 g/mol. The van der Waals surface area contributed by atoms with Crippen LogP contribution in [0, 0.1) is 0 Å². The molecule has 1 aliphatic rings. The molecule has 0 aromatic heterocycles. The molecule has 0 spiro atoms. The lowest BCUT2D eigenvalue weighted by atomic mass is 10.0. The van der Waals surface area contributed by atoms with E-state index < -0.39 is 0 Å². The topological polar surface area (TPSA) is 9.23 Å². The zero-order valence-corrected chi connectivity index (χ0v) is 10.4. The summed E-state index contributed by atoms with van der Waals surface area (Å²) in [5, 5.41) is 0. The highest BCUT2D eigenvalue weighted by Gasteiger charge is 2.25. The molecule has 1 aliphatic carbocycles. The molecule has 1 nitrogen and oxygen atoms in total. The minimum atomic E-state index is 0.486. The van der Waals surface area contributed by atoms with Gasteiger partial charge in [0.1, 0.15) is 5.75 Å². The van der Waals surface area contributed by atoms with E-state index in [1.165, 1.54) is 23.3 Å². The lowest BCUT2D eigenvalue weighted by Crippen LogP contribution is -2.01. The van der Waals surface area contributed by atoms with Gasteiger partial charge in [0.05, 0.1) is 6.10 Å². The van der Waals surface area contributed by atoms with Gasteiger partial charge < -0.3 is 4.74 Å². The van der Waals surface area contributed by atoms with Crippen LogP contribution in [0.4, 0.5) is 0 Å². The first-order chi connectivity index (χ1) is 7.20. The normalized spacial score (nSPS) is 15.7. The molecular weight excluding hydrogens is 204 g/mol. The summed E-state index contributed by atoms with van der Waals surface area (Å²) in [5.41, 5.74) is 1.33. The summed E-state index contributed by atoms with van der Waals surface area (Å²) in [7, 11) is 0. The molecule has 15 heavy (non-hydrogen) atoms. The molecule has 0 amide bonds. The van der Waals surface area contributed by atoms with E-state index in [2.05, 4.69) is 38.3 Å². The molecule has 0 bridgehead atoms. The Kier molecular flexibility index (Phi) is 3.25. The van der Waals surface area contributed by atoms with E-state index >= 15 is 0 Å². The van der Waals surface area contributed by atoms with Crippen LogP contribution < -0.4 is 4.74 Å². The third kappa shape index (κ3) is 2.69. The number of hydrogen-bond donors (Lipinski definition) is 0. The van der Waals surface area contributed by atoms with Gasteiger partial charge in [-0.2, -0.15) is 0 Å². The molecule has 0 aliphatic heterocycles. The minimum absolute atomic E-state index is 0.486. The maximum atomic E-state index is 5.95. The molecular formula is C13H18OS. The fraction of sp³-hybridized carbons (Fsp3) is 0.538. The summed E-state index contributed by atoms with van der Waals surface area (Å²) < 4.78 is 5.95. The van der Waals surface area contributed by atoms with Crippen molar-refractivity contribution in [1.82, 2.24) is 0 Å². The summed E-state index contributed by atoms with van der Waals surface area (Å²) >= 11 is 1.77. The van der Waals surface area contributed by atoms with Gasteiger partial charge in [-0.15, -0.1) is 11.8 Å². The highest BCUT2D eigenvalue weighted by molar-refractivity contribution is 7.98. The van der Waals surface area contributed by atoms with Gasteiger partial charge in [-0.1, -0.05) is 19.9 Å². The Bertz CT molecular complexity index is 342. The predicted octanol–water partition coefficient (Wildman–Crippen LogP) is 4.07. The number of ether oxygens (including phenoxy) is 1. The van der Waals surface area contributed by atoms with E-state index in [4.69, 9.17) is 4.74 Å². The molecule has 0 N–H and O–H groups in total. The van der Waals surface area contributed by atoms with Crippen molar-refractivity contribution in [3.63, 3.8) is 0 Å².